The zero-order valence-corrected chi connectivity index (χ0v) is 7.29. The third kappa shape index (κ3) is 2.20. The van der Waals surface area contributed by atoms with Crippen LogP contribution in [0.4, 0.5) is 0 Å². The van der Waals surface area contributed by atoms with Crippen molar-refractivity contribution in [1.82, 2.24) is 0 Å². The molecule has 0 atom stereocenters. The monoisotopic (exact) mass is 168 g/mol. The molecule has 0 fully saturated rings. The Hall–Kier alpha value is -1.09. The molecule has 66 valence electrons. The Bertz CT molecular complexity index is 301. The number of ether oxygens (including phenoxy) is 1. The summed E-state index contributed by atoms with van der Waals surface area (Å²) in [5.41, 5.74) is 0.562. The maximum absolute atomic E-state index is 10.9. The summed E-state index contributed by atoms with van der Waals surface area (Å²) in [5, 5.41) is 0. The Balaban J connectivity index is 2.98. The maximum atomic E-state index is 10.9. The molecule has 0 unspecified atom stereocenters. The number of aryl methyl sites for hydroxylation is 1. The quantitative estimate of drug-likeness (QED) is 0.683. The molecular weight excluding hydrogens is 156 g/mol. The molecule has 0 spiro atoms. The van der Waals surface area contributed by atoms with Crippen LogP contribution in [-0.4, -0.2) is 7.11 Å². The van der Waals surface area contributed by atoms with Crippen LogP contribution >= 0.6 is 0 Å². The number of hydrogen-bond acceptors (Lipinski definition) is 3. The molecule has 0 aromatic carbocycles. The van der Waals surface area contributed by atoms with Gasteiger partial charge in [0.15, 0.2) is 0 Å². The molecule has 3 heteroatoms. The van der Waals surface area contributed by atoms with Crippen molar-refractivity contribution in [3.63, 3.8) is 0 Å². The third-order valence-electron chi connectivity index (χ3n) is 1.54. The fourth-order valence-corrected chi connectivity index (χ4v) is 1.01. The average molecular weight is 168 g/mol. The van der Waals surface area contributed by atoms with Crippen LogP contribution in [0, 0.1) is 0 Å². The highest BCUT2D eigenvalue weighted by molar-refractivity contribution is 5.12. The van der Waals surface area contributed by atoms with Crippen molar-refractivity contribution in [1.29, 1.82) is 0 Å². The predicted molar refractivity (Wildman–Crippen MR) is 45.1 cm³/mol. The molecule has 1 aromatic heterocycles. The van der Waals surface area contributed by atoms with Gasteiger partial charge in [0.25, 0.3) is 0 Å². The van der Waals surface area contributed by atoms with Crippen LogP contribution in [0.15, 0.2) is 21.3 Å². The Morgan fingerprint density at radius 1 is 1.50 bits per heavy atom. The molecule has 0 saturated heterocycles. The van der Waals surface area contributed by atoms with Gasteiger partial charge >= 0.3 is 5.63 Å². The minimum atomic E-state index is -0.304. The Labute approximate surface area is 71.0 Å². The molecule has 3 nitrogen and oxygen atoms in total. The Morgan fingerprint density at radius 3 is 2.83 bits per heavy atom. The van der Waals surface area contributed by atoms with Crippen LogP contribution < -0.4 is 5.63 Å². The van der Waals surface area contributed by atoms with E-state index in [0.29, 0.717) is 12.4 Å². The fourth-order valence-electron chi connectivity index (χ4n) is 1.01. The molecular formula is C9H12O3. The van der Waals surface area contributed by atoms with E-state index in [9.17, 15) is 4.79 Å². The normalized spacial score (nSPS) is 10.2. The van der Waals surface area contributed by atoms with Crippen molar-refractivity contribution in [2.45, 2.75) is 20.0 Å². The molecule has 12 heavy (non-hydrogen) atoms. The predicted octanol–water partition coefficient (Wildman–Crippen LogP) is 1.35. The Morgan fingerprint density at radius 2 is 2.25 bits per heavy atom. The topological polar surface area (TPSA) is 39.4 Å². The number of rotatable bonds is 3. The lowest BCUT2D eigenvalue weighted by Crippen LogP contribution is -2.02. The lowest BCUT2D eigenvalue weighted by atomic mass is 10.2. The molecule has 0 amide bonds. The van der Waals surface area contributed by atoms with Gasteiger partial charge in [-0.05, 0) is 11.6 Å². The first-order valence-electron chi connectivity index (χ1n) is 3.88. The summed E-state index contributed by atoms with van der Waals surface area (Å²) in [5.74, 6) is 0.703. The molecule has 1 rings (SSSR count). The highest BCUT2D eigenvalue weighted by atomic mass is 16.5. The van der Waals surface area contributed by atoms with Gasteiger partial charge < -0.3 is 9.15 Å². The van der Waals surface area contributed by atoms with E-state index in [0.717, 1.165) is 12.0 Å². The van der Waals surface area contributed by atoms with Crippen LogP contribution in [0.25, 0.3) is 0 Å². The summed E-state index contributed by atoms with van der Waals surface area (Å²) >= 11 is 0. The standard InChI is InChI=1S/C9H12O3/c1-3-8-4-7(6-11-2)5-9(10)12-8/h4-5H,3,6H2,1-2H3. The molecule has 0 aliphatic carbocycles. The van der Waals surface area contributed by atoms with Gasteiger partial charge in [-0.25, -0.2) is 4.79 Å². The summed E-state index contributed by atoms with van der Waals surface area (Å²) in [6, 6.07) is 3.29. The van der Waals surface area contributed by atoms with Crippen LogP contribution in [0.5, 0.6) is 0 Å². The third-order valence-corrected chi connectivity index (χ3v) is 1.54. The Kier molecular flexibility index (Phi) is 3.05. The molecule has 0 saturated carbocycles. The van der Waals surface area contributed by atoms with Crippen molar-refractivity contribution in [2.24, 2.45) is 0 Å². The number of methoxy groups -OCH3 is 1. The van der Waals surface area contributed by atoms with Gasteiger partial charge in [0.1, 0.15) is 5.76 Å². The lowest BCUT2D eigenvalue weighted by Gasteiger charge is -1.99. The SMILES string of the molecule is CCc1cc(COC)cc(=O)o1. The van der Waals surface area contributed by atoms with Gasteiger partial charge in [-0.15, -0.1) is 0 Å². The van der Waals surface area contributed by atoms with Crippen LogP contribution in [0.1, 0.15) is 18.2 Å². The van der Waals surface area contributed by atoms with E-state index in [1.54, 1.807) is 7.11 Å². The van der Waals surface area contributed by atoms with E-state index in [4.69, 9.17) is 9.15 Å². The van der Waals surface area contributed by atoms with E-state index in [1.165, 1.54) is 6.07 Å². The second-order valence-electron chi connectivity index (χ2n) is 2.54. The van der Waals surface area contributed by atoms with E-state index in [-0.39, 0.29) is 5.63 Å². The van der Waals surface area contributed by atoms with Crippen molar-refractivity contribution in [3.05, 3.63) is 33.9 Å². The molecule has 1 aromatic rings. The average Bonchev–Trinajstić information content (AvgIpc) is 2.04. The van der Waals surface area contributed by atoms with Crippen LogP contribution in [0.2, 0.25) is 0 Å². The van der Waals surface area contributed by atoms with Crippen molar-refractivity contribution in [3.8, 4) is 0 Å². The van der Waals surface area contributed by atoms with E-state index < -0.39 is 0 Å². The molecule has 1 heterocycles. The van der Waals surface area contributed by atoms with Crippen LogP contribution in [0.3, 0.4) is 0 Å². The second kappa shape index (κ2) is 4.07. The summed E-state index contributed by atoms with van der Waals surface area (Å²) in [4.78, 5) is 10.9. The smallest absolute Gasteiger partial charge is 0.336 e. The minimum Gasteiger partial charge on any atom is -0.428 e. The first-order chi connectivity index (χ1) is 5.76. The van der Waals surface area contributed by atoms with Gasteiger partial charge in [0.05, 0.1) is 6.61 Å². The fraction of sp³-hybridized carbons (Fsp3) is 0.444. The summed E-state index contributed by atoms with van der Waals surface area (Å²) in [7, 11) is 1.60. The van der Waals surface area contributed by atoms with Gasteiger partial charge in [0, 0.05) is 19.6 Å². The van der Waals surface area contributed by atoms with Crippen molar-refractivity contribution >= 4 is 0 Å². The zero-order chi connectivity index (χ0) is 8.97. The van der Waals surface area contributed by atoms with Gasteiger partial charge in [-0.2, -0.15) is 0 Å². The molecule has 0 N–H and O–H groups in total. The zero-order valence-electron chi connectivity index (χ0n) is 7.29. The van der Waals surface area contributed by atoms with Gasteiger partial charge in [-0.1, -0.05) is 6.92 Å². The molecule has 0 bridgehead atoms. The minimum absolute atomic E-state index is 0.304. The maximum Gasteiger partial charge on any atom is 0.336 e. The first-order valence-corrected chi connectivity index (χ1v) is 3.88. The summed E-state index contributed by atoms with van der Waals surface area (Å²) < 4.78 is 9.80. The highest BCUT2D eigenvalue weighted by Crippen LogP contribution is 2.02. The lowest BCUT2D eigenvalue weighted by molar-refractivity contribution is 0.184. The number of hydrogen-bond donors (Lipinski definition) is 0. The van der Waals surface area contributed by atoms with Gasteiger partial charge in [-0.3, -0.25) is 0 Å². The van der Waals surface area contributed by atoms with Crippen molar-refractivity contribution < 1.29 is 9.15 Å². The van der Waals surface area contributed by atoms with Crippen molar-refractivity contribution in [2.75, 3.05) is 7.11 Å². The molecule has 0 aliphatic rings. The van der Waals surface area contributed by atoms with Gasteiger partial charge in [0.2, 0.25) is 0 Å². The largest absolute Gasteiger partial charge is 0.428 e. The highest BCUT2D eigenvalue weighted by Gasteiger charge is 1.98. The molecule has 0 radical (unpaired) electrons. The summed E-state index contributed by atoms with van der Waals surface area (Å²) in [6.07, 6.45) is 0.729. The molecule has 0 aliphatic heterocycles. The second-order valence-corrected chi connectivity index (χ2v) is 2.54. The van der Waals surface area contributed by atoms with E-state index in [2.05, 4.69) is 0 Å². The van der Waals surface area contributed by atoms with E-state index >= 15 is 0 Å². The van der Waals surface area contributed by atoms with Crippen LogP contribution in [-0.2, 0) is 17.8 Å². The van der Waals surface area contributed by atoms with E-state index in [1.807, 2.05) is 13.0 Å². The summed E-state index contributed by atoms with van der Waals surface area (Å²) in [6.45, 7) is 2.40. The first kappa shape index (κ1) is 9.00.